The summed E-state index contributed by atoms with van der Waals surface area (Å²) in [6, 6.07) is 11.2. The highest BCUT2D eigenvalue weighted by Gasteiger charge is 2.17. The lowest BCUT2D eigenvalue weighted by Crippen LogP contribution is -2.02. The Morgan fingerprint density at radius 3 is 2.55 bits per heavy atom. The number of rotatable bonds is 3. The summed E-state index contributed by atoms with van der Waals surface area (Å²) in [6.07, 6.45) is 0.632. The van der Waals surface area contributed by atoms with E-state index in [4.69, 9.17) is 11.6 Å². The van der Waals surface area contributed by atoms with Crippen molar-refractivity contribution in [2.75, 3.05) is 0 Å². The SMILES string of the molecule is Cc1cc(Cl)ccc1-n1nnc(C=O)c1-c1ccc(F)cc1. The number of aromatic nitrogens is 3. The number of benzene rings is 2. The van der Waals surface area contributed by atoms with Crippen LogP contribution in [0.25, 0.3) is 16.9 Å². The molecule has 0 amide bonds. The van der Waals surface area contributed by atoms with Gasteiger partial charge in [-0.2, -0.15) is 0 Å². The highest BCUT2D eigenvalue weighted by molar-refractivity contribution is 6.30. The molecule has 1 heterocycles. The summed E-state index contributed by atoms with van der Waals surface area (Å²) in [4.78, 5) is 11.2. The minimum atomic E-state index is -0.349. The first-order chi connectivity index (χ1) is 10.6. The van der Waals surface area contributed by atoms with Crippen LogP contribution in [-0.2, 0) is 0 Å². The van der Waals surface area contributed by atoms with Crippen LogP contribution < -0.4 is 0 Å². The predicted octanol–water partition coefficient (Wildman–Crippen LogP) is 3.85. The Balaban J connectivity index is 2.23. The zero-order chi connectivity index (χ0) is 15.7. The van der Waals surface area contributed by atoms with E-state index < -0.39 is 0 Å². The van der Waals surface area contributed by atoms with Crippen LogP contribution in [0, 0.1) is 12.7 Å². The molecule has 0 unspecified atom stereocenters. The lowest BCUT2D eigenvalue weighted by molar-refractivity contribution is 0.111. The van der Waals surface area contributed by atoms with Gasteiger partial charge < -0.3 is 0 Å². The van der Waals surface area contributed by atoms with Crippen molar-refractivity contribution < 1.29 is 9.18 Å². The quantitative estimate of drug-likeness (QED) is 0.690. The Bertz CT molecular complexity index is 843. The normalized spacial score (nSPS) is 10.7. The minimum Gasteiger partial charge on any atom is -0.296 e. The van der Waals surface area contributed by atoms with Gasteiger partial charge >= 0.3 is 0 Å². The molecule has 0 fully saturated rings. The van der Waals surface area contributed by atoms with Gasteiger partial charge in [-0.25, -0.2) is 9.07 Å². The van der Waals surface area contributed by atoms with Crippen molar-refractivity contribution in [3.63, 3.8) is 0 Å². The molecule has 3 aromatic rings. The third-order valence-electron chi connectivity index (χ3n) is 3.31. The van der Waals surface area contributed by atoms with Crippen molar-refractivity contribution in [2.24, 2.45) is 0 Å². The Labute approximate surface area is 131 Å². The van der Waals surface area contributed by atoms with E-state index in [1.807, 2.05) is 6.92 Å². The second-order valence-corrected chi connectivity index (χ2v) is 5.23. The highest BCUT2D eigenvalue weighted by Crippen LogP contribution is 2.27. The molecule has 4 nitrogen and oxygen atoms in total. The summed E-state index contributed by atoms with van der Waals surface area (Å²) in [5.41, 5.74) is 3.01. The second kappa shape index (κ2) is 5.69. The van der Waals surface area contributed by atoms with Gasteiger partial charge in [-0.1, -0.05) is 16.8 Å². The lowest BCUT2D eigenvalue weighted by atomic mass is 10.1. The predicted molar refractivity (Wildman–Crippen MR) is 81.9 cm³/mol. The van der Waals surface area contributed by atoms with Gasteiger partial charge in [0.1, 0.15) is 11.5 Å². The van der Waals surface area contributed by atoms with Gasteiger partial charge in [-0.3, -0.25) is 4.79 Å². The zero-order valence-electron chi connectivity index (χ0n) is 11.6. The largest absolute Gasteiger partial charge is 0.296 e. The van der Waals surface area contributed by atoms with Crippen LogP contribution in [0.3, 0.4) is 0 Å². The topological polar surface area (TPSA) is 47.8 Å². The number of carbonyl (C=O) groups is 1. The molecular weight excluding hydrogens is 305 g/mol. The van der Waals surface area contributed by atoms with Crippen molar-refractivity contribution in [1.82, 2.24) is 15.0 Å². The smallest absolute Gasteiger partial charge is 0.172 e. The molecule has 0 aliphatic carbocycles. The number of aryl methyl sites for hydroxylation is 1. The van der Waals surface area contributed by atoms with Gasteiger partial charge in [-0.15, -0.1) is 5.10 Å². The average Bonchev–Trinajstić information content (AvgIpc) is 2.92. The standard InChI is InChI=1S/C16H11ClFN3O/c1-10-8-12(17)4-7-15(10)21-16(14(9-22)19-20-21)11-2-5-13(18)6-3-11/h2-9H,1H3. The van der Waals surface area contributed by atoms with Gasteiger partial charge in [0.25, 0.3) is 0 Å². The van der Waals surface area contributed by atoms with Crippen molar-refractivity contribution in [3.05, 3.63) is 64.6 Å². The molecular formula is C16H11ClFN3O. The van der Waals surface area contributed by atoms with Gasteiger partial charge in [0.2, 0.25) is 0 Å². The van der Waals surface area contributed by atoms with Crippen LogP contribution in [0.2, 0.25) is 5.02 Å². The molecule has 0 N–H and O–H groups in total. The van der Waals surface area contributed by atoms with E-state index in [1.54, 1.807) is 35.0 Å². The number of nitrogens with zero attached hydrogens (tertiary/aromatic N) is 3. The number of aldehydes is 1. The van der Waals surface area contributed by atoms with Gasteiger partial charge in [-0.05, 0) is 55.0 Å². The first-order valence-corrected chi connectivity index (χ1v) is 6.91. The van der Waals surface area contributed by atoms with Crippen LogP contribution in [0.4, 0.5) is 4.39 Å². The molecule has 0 radical (unpaired) electrons. The van der Waals surface area contributed by atoms with Gasteiger partial charge in [0.15, 0.2) is 12.0 Å². The average molecular weight is 316 g/mol. The molecule has 0 aliphatic heterocycles. The minimum absolute atomic E-state index is 0.195. The molecule has 0 aliphatic rings. The maximum Gasteiger partial charge on any atom is 0.172 e. The maximum absolute atomic E-state index is 13.1. The van der Waals surface area contributed by atoms with Gasteiger partial charge in [0.05, 0.1) is 5.69 Å². The van der Waals surface area contributed by atoms with Crippen LogP contribution in [0.1, 0.15) is 16.1 Å². The fourth-order valence-corrected chi connectivity index (χ4v) is 2.50. The van der Waals surface area contributed by atoms with Crippen molar-refractivity contribution >= 4 is 17.9 Å². The second-order valence-electron chi connectivity index (χ2n) is 4.79. The molecule has 110 valence electrons. The molecule has 0 saturated heterocycles. The van der Waals surface area contributed by atoms with E-state index in [0.717, 1.165) is 11.3 Å². The molecule has 1 aromatic heterocycles. The fourth-order valence-electron chi connectivity index (χ4n) is 2.28. The van der Waals surface area contributed by atoms with E-state index in [0.29, 0.717) is 22.6 Å². The first-order valence-electron chi connectivity index (χ1n) is 6.53. The summed E-state index contributed by atoms with van der Waals surface area (Å²) >= 11 is 5.97. The maximum atomic E-state index is 13.1. The highest BCUT2D eigenvalue weighted by atomic mass is 35.5. The third-order valence-corrected chi connectivity index (χ3v) is 3.55. The Kier molecular flexibility index (Phi) is 3.73. The van der Waals surface area contributed by atoms with E-state index >= 15 is 0 Å². The van der Waals surface area contributed by atoms with Crippen LogP contribution in [-0.4, -0.2) is 21.3 Å². The molecule has 0 atom stereocenters. The monoisotopic (exact) mass is 315 g/mol. The van der Waals surface area contributed by atoms with Crippen molar-refractivity contribution in [3.8, 4) is 16.9 Å². The Morgan fingerprint density at radius 1 is 1.18 bits per heavy atom. The van der Waals surface area contributed by atoms with E-state index in [-0.39, 0.29) is 11.5 Å². The van der Waals surface area contributed by atoms with E-state index in [1.165, 1.54) is 12.1 Å². The van der Waals surface area contributed by atoms with Crippen LogP contribution >= 0.6 is 11.6 Å². The number of carbonyl (C=O) groups excluding carboxylic acids is 1. The van der Waals surface area contributed by atoms with E-state index in [2.05, 4.69) is 10.3 Å². The van der Waals surface area contributed by atoms with Crippen LogP contribution in [0.15, 0.2) is 42.5 Å². The Hall–Kier alpha value is -2.53. The zero-order valence-corrected chi connectivity index (χ0v) is 12.4. The van der Waals surface area contributed by atoms with Gasteiger partial charge in [0, 0.05) is 10.6 Å². The molecule has 6 heteroatoms. The fraction of sp³-hybridized carbons (Fsp3) is 0.0625. The number of halogens is 2. The lowest BCUT2D eigenvalue weighted by Gasteiger charge is -2.10. The van der Waals surface area contributed by atoms with Crippen LogP contribution in [0.5, 0.6) is 0 Å². The molecule has 0 saturated carbocycles. The molecule has 3 rings (SSSR count). The summed E-state index contributed by atoms with van der Waals surface area (Å²) in [5.74, 6) is -0.349. The molecule has 0 bridgehead atoms. The third kappa shape index (κ3) is 2.51. The molecule has 2 aromatic carbocycles. The summed E-state index contributed by atoms with van der Waals surface area (Å²) < 4.78 is 14.7. The number of hydrogen-bond donors (Lipinski definition) is 0. The number of hydrogen-bond acceptors (Lipinski definition) is 3. The molecule has 22 heavy (non-hydrogen) atoms. The summed E-state index contributed by atoms with van der Waals surface area (Å²) in [7, 11) is 0. The molecule has 0 spiro atoms. The van der Waals surface area contributed by atoms with Crippen molar-refractivity contribution in [2.45, 2.75) is 6.92 Å². The van der Waals surface area contributed by atoms with Crippen molar-refractivity contribution in [1.29, 1.82) is 0 Å². The first kappa shape index (κ1) is 14.4. The summed E-state index contributed by atoms with van der Waals surface area (Å²) in [5, 5.41) is 8.55. The van der Waals surface area contributed by atoms with E-state index in [9.17, 15) is 9.18 Å². The Morgan fingerprint density at radius 2 is 1.91 bits per heavy atom. The summed E-state index contributed by atoms with van der Waals surface area (Å²) in [6.45, 7) is 1.89.